The zero-order valence-electron chi connectivity index (χ0n) is 12.1. The molecule has 20 heavy (non-hydrogen) atoms. The summed E-state index contributed by atoms with van der Waals surface area (Å²) in [5.74, 6) is 0. The number of hydrogen-bond donors (Lipinski definition) is 1. The van der Waals surface area contributed by atoms with Crippen LogP contribution in [0, 0.1) is 6.92 Å². The molecule has 0 bridgehead atoms. The second-order valence-corrected chi connectivity index (χ2v) is 6.35. The molecule has 0 unspecified atom stereocenters. The molecule has 2 heterocycles. The van der Waals surface area contributed by atoms with Crippen molar-refractivity contribution in [3.8, 4) is 0 Å². The van der Waals surface area contributed by atoms with E-state index in [0.29, 0.717) is 0 Å². The van der Waals surface area contributed by atoms with E-state index in [1.54, 1.807) is 0 Å². The van der Waals surface area contributed by atoms with E-state index in [4.69, 9.17) is 4.98 Å². The highest BCUT2D eigenvalue weighted by Crippen LogP contribution is 2.28. The second-order valence-electron chi connectivity index (χ2n) is 5.29. The Morgan fingerprint density at radius 3 is 2.45 bits per heavy atom. The van der Waals surface area contributed by atoms with Crippen molar-refractivity contribution >= 4 is 16.5 Å². The fraction of sp³-hybridized carbons (Fsp3) is 0.438. The number of rotatable bonds is 3. The molecule has 0 saturated heterocycles. The first-order valence-corrected chi connectivity index (χ1v) is 8.02. The van der Waals surface area contributed by atoms with Crippen molar-refractivity contribution in [3.05, 3.63) is 46.0 Å². The van der Waals surface area contributed by atoms with Gasteiger partial charge in [-0.25, -0.2) is 4.98 Å². The van der Waals surface area contributed by atoms with E-state index in [-0.39, 0.29) is 0 Å². The first-order chi connectivity index (χ1) is 9.78. The Balaban J connectivity index is 1.78. The van der Waals surface area contributed by atoms with E-state index < -0.39 is 0 Å². The van der Waals surface area contributed by atoms with Crippen molar-refractivity contribution < 1.29 is 0 Å². The van der Waals surface area contributed by atoms with Gasteiger partial charge in [0.15, 0.2) is 5.13 Å². The summed E-state index contributed by atoms with van der Waals surface area (Å²) in [7, 11) is 1.99. The summed E-state index contributed by atoms with van der Waals surface area (Å²) in [4.78, 5) is 8.55. The van der Waals surface area contributed by atoms with Gasteiger partial charge in [0.1, 0.15) is 0 Å². The van der Waals surface area contributed by atoms with Crippen LogP contribution in [0.2, 0.25) is 0 Å². The van der Waals surface area contributed by atoms with Crippen LogP contribution in [0.25, 0.3) is 0 Å². The molecule has 1 aliphatic rings. The zero-order valence-corrected chi connectivity index (χ0v) is 13.0. The van der Waals surface area contributed by atoms with Crippen LogP contribution < -0.4 is 10.2 Å². The number of aromatic nitrogens is 1. The lowest BCUT2D eigenvalue weighted by atomic mass is 10.0. The number of aryl methyl sites for hydroxylation is 1. The van der Waals surface area contributed by atoms with Gasteiger partial charge in [0.2, 0.25) is 0 Å². The minimum Gasteiger partial charge on any atom is -0.347 e. The third-order valence-corrected chi connectivity index (χ3v) is 5.13. The molecule has 3 rings (SSSR count). The minimum atomic E-state index is 0.914. The highest BCUT2D eigenvalue weighted by atomic mass is 32.1. The molecular weight excluding hydrogens is 266 g/mol. The molecule has 2 aromatic rings. The van der Waals surface area contributed by atoms with Gasteiger partial charge in [0.25, 0.3) is 0 Å². The summed E-state index contributed by atoms with van der Waals surface area (Å²) < 4.78 is 0. The Labute approximate surface area is 124 Å². The molecule has 0 amide bonds. The highest BCUT2D eigenvalue weighted by Gasteiger charge is 2.17. The number of nitrogens with zero attached hydrogens (tertiary/aromatic N) is 2. The number of nitrogens with one attached hydrogen (secondary N) is 1. The van der Waals surface area contributed by atoms with E-state index in [9.17, 15) is 0 Å². The summed E-state index contributed by atoms with van der Waals surface area (Å²) >= 11 is 1.83. The van der Waals surface area contributed by atoms with Crippen molar-refractivity contribution in [2.75, 3.05) is 25.0 Å². The molecule has 0 radical (unpaired) electrons. The van der Waals surface area contributed by atoms with Crippen LogP contribution in [0.15, 0.2) is 24.3 Å². The largest absolute Gasteiger partial charge is 0.347 e. The van der Waals surface area contributed by atoms with Gasteiger partial charge in [-0.15, -0.1) is 11.3 Å². The molecule has 0 spiro atoms. The van der Waals surface area contributed by atoms with Crippen molar-refractivity contribution in [3.63, 3.8) is 0 Å². The Hall–Kier alpha value is -1.39. The maximum absolute atomic E-state index is 4.76. The molecule has 0 aliphatic carbocycles. The molecule has 3 nitrogen and oxygen atoms in total. The van der Waals surface area contributed by atoms with E-state index >= 15 is 0 Å². The molecule has 0 atom stereocenters. The summed E-state index contributed by atoms with van der Waals surface area (Å²) in [6.07, 6.45) is 2.24. The van der Waals surface area contributed by atoms with Gasteiger partial charge in [-0.05, 0) is 37.9 Å². The number of fused-ring (bicyclic) bond motifs is 1. The third kappa shape index (κ3) is 2.72. The number of anilines is 1. The molecular formula is C16H21N3S. The van der Waals surface area contributed by atoms with Gasteiger partial charge in [-0.2, -0.15) is 0 Å². The zero-order chi connectivity index (χ0) is 13.9. The lowest BCUT2D eigenvalue weighted by Crippen LogP contribution is -2.25. The van der Waals surface area contributed by atoms with E-state index in [1.165, 1.54) is 26.8 Å². The lowest BCUT2D eigenvalue weighted by Gasteiger charge is -2.18. The Kier molecular flexibility index (Phi) is 4.03. The molecule has 0 fully saturated rings. The highest BCUT2D eigenvalue weighted by molar-refractivity contribution is 7.15. The summed E-state index contributed by atoms with van der Waals surface area (Å²) in [5.41, 5.74) is 4.17. The van der Waals surface area contributed by atoms with Gasteiger partial charge >= 0.3 is 0 Å². The van der Waals surface area contributed by atoms with Crippen LogP contribution in [0.1, 0.15) is 21.7 Å². The normalized spacial score (nSPS) is 15.0. The standard InChI is InChI=1S/C16H21N3S/c1-12-15(11-17-2)20-16(18-12)19-9-7-13-5-3-4-6-14(13)8-10-19/h3-6,17H,7-11H2,1-2H3. The molecule has 1 N–H and O–H groups in total. The molecule has 106 valence electrons. The maximum Gasteiger partial charge on any atom is 0.185 e. The van der Waals surface area contributed by atoms with Crippen LogP contribution in [-0.4, -0.2) is 25.1 Å². The molecule has 1 aliphatic heterocycles. The van der Waals surface area contributed by atoms with Crippen molar-refractivity contribution in [2.24, 2.45) is 0 Å². The van der Waals surface area contributed by atoms with Gasteiger partial charge in [-0.1, -0.05) is 24.3 Å². The van der Waals surface area contributed by atoms with Gasteiger partial charge in [0, 0.05) is 24.5 Å². The van der Waals surface area contributed by atoms with Crippen molar-refractivity contribution in [2.45, 2.75) is 26.3 Å². The predicted octanol–water partition coefficient (Wildman–Crippen LogP) is 2.78. The van der Waals surface area contributed by atoms with Crippen LogP contribution in [0.4, 0.5) is 5.13 Å². The first-order valence-electron chi connectivity index (χ1n) is 7.20. The summed E-state index contributed by atoms with van der Waals surface area (Å²) in [5, 5.41) is 4.40. The van der Waals surface area contributed by atoms with E-state index in [2.05, 4.69) is 41.4 Å². The van der Waals surface area contributed by atoms with E-state index in [1.807, 2.05) is 18.4 Å². The SMILES string of the molecule is CNCc1sc(N2CCc3ccccc3CC2)nc1C. The van der Waals surface area contributed by atoms with Crippen LogP contribution in [0.3, 0.4) is 0 Å². The molecule has 1 aromatic carbocycles. The average molecular weight is 287 g/mol. The predicted molar refractivity (Wildman–Crippen MR) is 85.7 cm³/mol. The number of thiazole rings is 1. The maximum atomic E-state index is 4.76. The van der Waals surface area contributed by atoms with Gasteiger partial charge in [0.05, 0.1) is 5.69 Å². The summed E-state index contributed by atoms with van der Waals surface area (Å²) in [6.45, 7) is 5.17. The lowest BCUT2D eigenvalue weighted by molar-refractivity contribution is 0.798. The van der Waals surface area contributed by atoms with Crippen LogP contribution in [0.5, 0.6) is 0 Å². The first kappa shape index (κ1) is 13.6. The number of benzene rings is 1. The smallest absolute Gasteiger partial charge is 0.185 e. The monoisotopic (exact) mass is 287 g/mol. The van der Waals surface area contributed by atoms with Crippen LogP contribution in [-0.2, 0) is 19.4 Å². The van der Waals surface area contributed by atoms with Gasteiger partial charge < -0.3 is 10.2 Å². The minimum absolute atomic E-state index is 0.914. The molecule has 0 saturated carbocycles. The molecule has 4 heteroatoms. The summed E-state index contributed by atoms with van der Waals surface area (Å²) in [6, 6.07) is 8.82. The third-order valence-electron chi connectivity index (χ3n) is 3.91. The average Bonchev–Trinajstić information content (AvgIpc) is 2.71. The quantitative estimate of drug-likeness (QED) is 0.941. The Morgan fingerprint density at radius 2 is 1.85 bits per heavy atom. The van der Waals surface area contributed by atoms with E-state index in [0.717, 1.165) is 32.5 Å². The second kappa shape index (κ2) is 5.94. The van der Waals surface area contributed by atoms with Gasteiger partial charge in [-0.3, -0.25) is 0 Å². The Morgan fingerprint density at radius 1 is 1.20 bits per heavy atom. The van der Waals surface area contributed by atoms with Crippen molar-refractivity contribution in [1.82, 2.24) is 10.3 Å². The fourth-order valence-corrected chi connectivity index (χ4v) is 3.86. The van der Waals surface area contributed by atoms with Crippen molar-refractivity contribution in [1.29, 1.82) is 0 Å². The Bertz CT molecular complexity index is 564. The molecule has 1 aromatic heterocycles. The fourth-order valence-electron chi connectivity index (χ4n) is 2.73. The van der Waals surface area contributed by atoms with Crippen LogP contribution >= 0.6 is 11.3 Å². The number of hydrogen-bond acceptors (Lipinski definition) is 4. The topological polar surface area (TPSA) is 28.2 Å².